The summed E-state index contributed by atoms with van der Waals surface area (Å²) in [5, 5.41) is 10.2. The number of pyridine rings is 1. The Morgan fingerprint density at radius 3 is 2.93 bits per heavy atom. The zero-order valence-electron chi connectivity index (χ0n) is 8.07. The van der Waals surface area contributed by atoms with Crippen molar-refractivity contribution >= 4 is 22.5 Å². The van der Waals surface area contributed by atoms with E-state index >= 15 is 0 Å². The molecule has 74 valence electrons. The minimum absolute atomic E-state index is 0.489. The molecule has 0 amide bonds. The molecule has 1 aromatic heterocycles. The molecule has 2 nitrogen and oxygen atoms in total. The van der Waals surface area contributed by atoms with E-state index in [0.29, 0.717) is 17.9 Å². The Hall–Kier alpha value is -1.59. The quantitative estimate of drug-likeness (QED) is 0.772. The van der Waals surface area contributed by atoms with Crippen LogP contribution in [0, 0.1) is 11.3 Å². The molecule has 0 spiro atoms. The highest BCUT2D eigenvalue weighted by Crippen LogP contribution is 2.21. The van der Waals surface area contributed by atoms with Crippen LogP contribution >= 0.6 is 11.6 Å². The van der Waals surface area contributed by atoms with Crippen LogP contribution in [0.2, 0.25) is 5.02 Å². The maximum Gasteiger partial charge on any atom is 0.0891 e. The van der Waals surface area contributed by atoms with Gasteiger partial charge in [-0.25, -0.2) is 0 Å². The van der Waals surface area contributed by atoms with Gasteiger partial charge in [0.25, 0.3) is 0 Å². The maximum absolute atomic E-state index is 8.49. The highest BCUT2D eigenvalue weighted by molar-refractivity contribution is 6.35. The Bertz CT molecular complexity index is 529. The third-order valence-electron chi connectivity index (χ3n) is 2.22. The van der Waals surface area contributed by atoms with Crippen molar-refractivity contribution in [2.24, 2.45) is 0 Å². The lowest BCUT2D eigenvalue weighted by Gasteiger charge is -2.02. The van der Waals surface area contributed by atoms with Crippen LogP contribution in [0.15, 0.2) is 30.3 Å². The second kappa shape index (κ2) is 4.29. The molecule has 0 aliphatic rings. The van der Waals surface area contributed by atoms with Crippen molar-refractivity contribution in [1.82, 2.24) is 4.98 Å². The summed E-state index contributed by atoms with van der Waals surface area (Å²) in [4.78, 5) is 4.43. The van der Waals surface area contributed by atoms with E-state index in [1.807, 2.05) is 30.3 Å². The molecule has 0 unspecified atom stereocenters. The minimum atomic E-state index is 0.489. The number of halogens is 1. The van der Waals surface area contributed by atoms with Crippen LogP contribution in [0.1, 0.15) is 12.1 Å². The number of nitrogens with zero attached hydrogens (tertiary/aromatic N) is 2. The van der Waals surface area contributed by atoms with Crippen LogP contribution in [0.4, 0.5) is 0 Å². The average molecular weight is 217 g/mol. The molecule has 0 radical (unpaired) electrons. The molecule has 0 atom stereocenters. The van der Waals surface area contributed by atoms with Gasteiger partial charge in [-0.1, -0.05) is 29.8 Å². The summed E-state index contributed by atoms with van der Waals surface area (Å²) in [6.07, 6.45) is 1.17. The fraction of sp³-hybridized carbons (Fsp3) is 0.167. The van der Waals surface area contributed by atoms with Gasteiger partial charge in [-0.3, -0.25) is 4.98 Å². The summed E-state index contributed by atoms with van der Waals surface area (Å²) in [7, 11) is 0. The third-order valence-corrected chi connectivity index (χ3v) is 2.53. The molecule has 2 aromatic rings. The standard InChI is InChI=1S/C12H9ClN2/c13-11-5-1-3-9-6-7-10(4-2-8-14)15-12(9)11/h1,3,5-7H,2,4H2. The molecule has 0 saturated heterocycles. The van der Waals surface area contributed by atoms with Gasteiger partial charge in [0.1, 0.15) is 0 Å². The van der Waals surface area contributed by atoms with Gasteiger partial charge in [0.15, 0.2) is 0 Å². The second-order valence-electron chi connectivity index (χ2n) is 3.27. The van der Waals surface area contributed by atoms with Gasteiger partial charge in [-0.05, 0) is 12.1 Å². The Morgan fingerprint density at radius 1 is 1.27 bits per heavy atom. The van der Waals surface area contributed by atoms with Crippen LogP contribution in [-0.4, -0.2) is 4.98 Å². The highest BCUT2D eigenvalue weighted by atomic mass is 35.5. The summed E-state index contributed by atoms with van der Waals surface area (Å²) >= 11 is 6.04. The fourth-order valence-electron chi connectivity index (χ4n) is 1.47. The number of nitriles is 1. The molecule has 0 N–H and O–H groups in total. The van der Waals surface area contributed by atoms with Crippen molar-refractivity contribution < 1.29 is 0 Å². The van der Waals surface area contributed by atoms with Crippen molar-refractivity contribution in [3.8, 4) is 6.07 Å². The smallest absolute Gasteiger partial charge is 0.0891 e. The monoisotopic (exact) mass is 216 g/mol. The first-order chi connectivity index (χ1) is 7.31. The predicted molar refractivity (Wildman–Crippen MR) is 60.7 cm³/mol. The average Bonchev–Trinajstić information content (AvgIpc) is 2.27. The van der Waals surface area contributed by atoms with Crippen molar-refractivity contribution in [3.05, 3.63) is 41.0 Å². The first-order valence-electron chi connectivity index (χ1n) is 4.72. The van der Waals surface area contributed by atoms with Crippen molar-refractivity contribution in [1.29, 1.82) is 5.26 Å². The van der Waals surface area contributed by atoms with E-state index in [2.05, 4.69) is 11.1 Å². The number of para-hydroxylation sites is 1. The van der Waals surface area contributed by atoms with E-state index in [4.69, 9.17) is 16.9 Å². The SMILES string of the molecule is N#CCCc1ccc2cccc(Cl)c2n1. The number of hydrogen-bond donors (Lipinski definition) is 0. The maximum atomic E-state index is 8.49. The Kier molecular flexibility index (Phi) is 2.84. The molecule has 3 heteroatoms. The Balaban J connectivity index is 2.46. The Morgan fingerprint density at radius 2 is 2.13 bits per heavy atom. The lowest BCUT2D eigenvalue weighted by atomic mass is 10.1. The highest BCUT2D eigenvalue weighted by Gasteiger charge is 2.01. The molecule has 1 aromatic carbocycles. The molecule has 0 aliphatic heterocycles. The topological polar surface area (TPSA) is 36.7 Å². The van der Waals surface area contributed by atoms with E-state index in [-0.39, 0.29) is 0 Å². The first-order valence-corrected chi connectivity index (χ1v) is 5.10. The molecule has 0 fully saturated rings. The summed E-state index contributed by atoms with van der Waals surface area (Å²) in [6.45, 7) is 0. The lowest BCUT2D eigenvalue weighted by molar-refractivity contribution is 0.963. The van der Waals surface area contributed by atoms with Crippen LogP contribution in [0.3, 0.4) is 0 Å². The van der Waals surface area contributed by atoms with E-state index in [0.717, 1.165) is 16.6 Å². The third kappa shape index (κ3) is 2.08. The van der Waals surface area contributed by atoms with Gasteiger partial charge in [0, 0.05) is 23.9 Å². The van der Waals surface area contributed by atoms with Crippen LogP contribution in [-0.2, 0) is 6.42 Å². The van der Waals surface area contributed by atoms with Crippen LogP contribution in [0.25, 0.3) is 10.9 Å². The number of aromatic nitrogens is 1. The molecule has 1 heterocycles. The van der Waals surface area contributed by atoms with E-state index in [1.54, 1.807) is 0 Å². The van der Waals surface area contributed by atoms with E-state index < -0.39 is 0 Å². The van der Waals surface area contributed by atoms with Crippen LogP contribution in [0.5, 0.6) is 0 Å². The minimum Gasteiger partial charge on any atom is -0.251 e. The van der Waals surface area contributed by atoms with Crippen molar-refractivity contribution in [2.45, 2.75) is 12.8 Å². The largest absolute Gasteiger partial charge is 0.251 e. The molecular weight excluding hydrogens is 208 g/mol. The molecule has 0 bridgehead atoms. The van der Waals surface area contributed by atoms with Gasteiger partial charge < -0.3 is 0 Å². The summed E-state index contributed by atoms with van der Waals surface area (Å²) in [5.41, 5.74) is 1.73. The van der Waals surface area contributed by atoms with E-state index in [9.17, 15) is 0 Å². The Labute approximate surface area is 93.1 Å². The fourth-order valence-corrected chi connectivity index (χ4v) is 1.70. The molecule has 15 heavy (non-hydrogen) atoms. The van der Waals surface area contributed by atoms with Gasteiger partial charge in [0.05, 0.1) is 16.6 Å². The van der Waals surface area contributed by atoms with Crippen molar-refractivity contribution in [2.75, 3.05) is 0 Å². The molecule has 0 aliphatic carbocycles. The summed E-state index contributed by atoms with van der Waals surface area (Å²) in [6, 6.07) is 11.7. The number of benzene rings is 1. The second-order valence-corrected chi connectivity index (χ2v) is 3.68. The summed E-state index contributed by atoms with van der Waals surface area (Å²) < 4.78 is 0. The van der Waals surface area contributed by atoms with Gasteiger partial charge in [-0.2, -0.15) is 5.26 Å². The number of rotatable bonds is 2. The summed E-state index contributed by atoms with van der Waals surface area (Å²) in [5.74, 6) is 0. The molecule has 2 rings (SSSR count). The van der Waals surface area contributed by atoms with Gasteiger partial charge in [-0.15, -0.1) is 0 Å². The number of fused-ring (bicyclic) bond motifs is 1. The van der Waals surface area contributed by atoms with E-state index in [1.165, 1.54) is 0 Å². The first kappa shape index (κ1) is 9.95. The van der Waals surface area contributed by atoms with Gasteiger partial charge >= 0.3 is 0 Å². The van der Waals surface area contributed by atoms with Crippen LogP contribution < -0.4 is 0 Å². The lowest BCUT2D eigenvalue weighted by Crippen LogP contribution is -1.90. The molecular formula is C12H9ClN2. The van der Waals surface area contributed by atoms with Gasteiger partial charge in [0.2, 0.25) is 0 Å². The van der Waals surface area contributed by atoms with Crippen molar-refractivity contribution in [3.63, 3.8) is 0 Å². The number of hydrogen-bond acceptors (Lipinski definition) is 2. The zero-order valence-corrected chi connectivity index (χ0v) is 8.83. The number of aryl methyl sites for hydroxylation is 1. The normalized spacial score (nSPS) is 10.1. The molecule has 0 saturated carbocycles. The predicted octanol–water partition coefficient (Wildman–Crippen LogP) is 3.34. The zero-order chi connectivity index (χ0) is 10.7.